The van der Waals surface area contributed by atoms with E-state index in [1.807, 2.05) is 0 Å². The van der Waals surface area contributed by atoms with E-state index >= 15 is 0 Å². The zero-order valence-corrected chi connectivity index (χ0v) is 11.3. The molecule has 1 radical (unpaired) electrons. The van der Waals surface area contributed by atoms with Gasteiger partial charge >= 0.3 is 0 Å². The number of halogens is 4. The average molecular weight is 297 g/mol. The zero-order valence-electron chi connectivity index (χ0n) is 11.3. The Morgan fingerprint density at radius 3 is 2.05 bits per heavy atom. The highest BCUT2D eigenvalue weighted by Crippen LogP contribution is 2.21. The Morgan fingerprint density at radius 1 is 0.952 bits per heavy atom. The summed E-state index contributed by atoms with van der Waals surface area (Å²) >= 11 is 0. The van der Waals surface area contributed by atoms with Crippen LogP contribution in [0.3, 0.4) is 0 Å². The molecular weight excluding hydrogens is 284 g/mol. The second-order valence-corrected chi connectivity index (χ2v) is 4.53. The van der Waals surface area contributed by atoms with Gasteiger partial charge in [0.2, 0.25) is 0 Å². The number of hydrogen-bond acceptors (Lipinski definition) is 1. The first-order valence-corrected chi connectivity index (χ1v) is 6.26. The second-order valence-electron chi connectivity index (χ2n) is 4.53. The molecule has 0 aliphatic carbocycles. The molecule has 0 spiro atoms. The molecule has 0 aliphatic heterocycles. The predicted molar refractivity (Wildman–Crippen MR) is 70.5 cm³/mol. The molecule has 0 saturated heterocycles. The van der Waals surface area contributed by atoms with Gasteiger partial charge in [-0.3, -0.25) is 0 Å². The highest BCUT2D eigenvalue weighted by atomic mass is 19.2. The first-order chi connectivity index (χ1) is 10.0. The van der Waals surface area contributed by atoms with E-state index in [0.717, 1.165) is 5.56 Å². The van der Waals surface area contributed by atoms with E-state index in [-0.39, 0.29) is 12.5 Å². The minimum absolute atomic E-state index is 0.202. The van der Waals surface area contributed by atoms with Crippen LogP contribution in [0, 0.1) is 29.7 Å². The van der Waals surface area contributed by atoms with E-state index in [0.29, 0.717) is 12.2 Å². The van der Waals surface area contributed by atoms with Crippen LogP contribution in [-0.4, -0.2) is 7.11 Å². The molecule has 2 aromatic carbocycles. The van der Waals surface area contributed by atoms with Gasteiger partial charge in [-0.05, 0) is 24.0 Å². The summed E-state index contributed by atoms with van der Waals surface area (Å²) in [6.07, 6.45) is 1.26. The van der Waals surface area contributed by atoms with Gasteiger partial charge in [-0.25, -0.2) is 17.6 Å². The minimum Gasteiger partial charge on any atom is -0.380 e. The van der Waals surface area contributed by atoms with Crippen molar-refractivity contribution in [3.63, 3.8) is 0 Å². The predicted octanol–water partition coefficient (Wildman–Crippen LogP) is 4.18. The van der Waals surface area contributed by atoms with E-state index in [2.05, 4.69) is 0 Å². The van der Waals surface area contributed by atoms with Crippen molar-refractivity contribution < 1.29 is 22.3 Å². The number of rotatable bonds is 5. The molecule has 0 atom stereocenters. The van der Waals surface area contributed by atoms with Crippen LogP contribution in [-0.2, 0) is 17.8 Å². The molecule has 0 heterocycles. The second kappa shape index (κ2) is 6.72. The zero-order chi connectivity index (χ0) is 15.4. The lowest BCUT2D eigenvalue weighted by Gasteiger charge is -2.07. The number of methoxy groups -OCH3 is 1. The third-order valence-electron chi connectivity index (χ3n) is 3.04. The van der Waals surface area contributed by atoms with Gasteiger partial charge in [-0.15, -0.1) is 0 Å². The third kappa shape index (κ3) is 3.61. The van der Waals surface area contributed by atoms with Crippen molar-refractivity contribution in [3.8, 4) is 0 Å². The molecular formula is C16H13F4O. The molecule has 2 aromatic rings. The van der Waals surface area contributed by atoms with Crippen molar-refractivity contribution in [2.75, 3.05) is 7.11 Å². The summed E-state index contributed by atoms with van der Waals surface area (Å²) in [7, 11) is 1.57. The smallest absolute Gasteiger partial charge is 0.165 e. The van der Waals surface area contributed by atoms with Crippen LogP contribution in [0.25, 0.3) is 0 Å². The highest BCUT2D eigenvalue weighted by molar-refractivity contribution is 5.31. The average Bonchev–Trinajstić information content (AvgIpc) is 2.47. The number of hydrogen-bond donors (Lipinski definition) is 0. The monoisotopic (exact) mass is 297 g/mol. The van der Waals surface area contributed by atoms with E-state index < -0.39 is 28.8 Å². The SMILES string of the molecule is COCc1ccc([CH]Cc2c(F)c(F)cc(F)c2F)cc1. The van der Waals surface area contributed by atoms with Crippen molar-refractivity contribution in [1.82, 2.24) is 0 Å². The Morgan fingerprint density at radius 2 is 1.52 bits per heavy atom. The summed E-state index contributed by atoms with van der Waals surface area (Å²) in [5.41, 5.74) is 1.02. The van der Waals surface area contributed by atoms with Crippen LogP contribution in [0.4, 0.5) is 17.6 Å². The number of benzene rings is 2. The third-order valence-corrected chi connectivity index (χ3v) is 3.04. The molecule has 21 heavy (non-hydrogen) atoms. The lowest BCUT2D eigenvalue weighted by molar-refractivity contribution is 0.185. The molecule has 1 nitrogen and oxygen atoms in total. The van der Waals surface area contributed by atoms with Crippen LogP contribution in [0.1, 0.15) is 16.7 Å². The molecule has 0 fully saturated rings. The maximum atomic E-state index is 13.5. The van der Waals surface area contributed by atoms with Gasteiger partial charge in [0, 0.05) is 18.7 Å². The van der Waals surface area contributed by atoms with Gasteiger partial charge in [0.15, 0.2) is 23.3 Å². The molecule has 0 bridgehead atoms. The van der Waals surface area contributed by atoms with Crippen LogP contribution in [0.5, 0.6) is 0 Å². The Labute approximate surface area is 120 Å². The fourth-order valence-electron chi connectivity index (χ4n) is 1.94. The quantitative estimate of drug-likeness (QED) is 0.594. The van der Waals surface area contributed by atoms with E-state index in [4.69, 9.17) is 4.74 Å². The summed E-state index contributed by atoms with van der Waals surface area (Å²) < 4.78 is 58.1. The van der Waals surface area contributed by atoms with Crippen LogP contribution < -0.4 is 0 Å². The van der Waals surface area contributed by atoms with Crippen molar-refractivity contribution in [3.05, 3.63) is 76.7 Å². The molecule has 0 saturated carbocycles. The Balaban J connectivity index is 2.13. The lowest BCUT2D eigenvalue weighted by atomic mass is 10.0. The van der Waals surface area contributed by atoms with Gasteiger partial charge < -0.3 is 4.74 Å². The first kappa shape index (κ1) is 15.5. The largest absolute Gasteiger partial charge is 0.380 e. The summed E-state index contributed by atoms with van der Waals surface area (Å²) in [4.78, 5) is 0. The molecule has 0 amide bonds. The van der Waals surface area contributed by atoms with E-state index in [1.165, 1.54) is 6.42 Å². The molecule has 2 rings (SSSR count). The lowest BCUT2D eigenvalue weighted by Crippen LogP contribution is -2.03. The first-order valence-electron chi connectivity index (χ1n) is 6.26. The fraction of sp³-hybridized carbons (Fsp3) is 0.188. The van der Waals surface area contributed by atoms with E-state index in [9.17, 15) is 17.6 Å². The summed E-state index contributed by atoms with van der Waals surface area (Å²) in [6, 6.07) is 7.27. The Hall–Kier alpha value is -1.88. The Kier molecular flexibility index (Phi) is 4.96. The standard InChI is InChI=1S/C16H13F4O/c1-21-9-11-4-2-10(3-5-11)6-7-12-15(19)13(17)8-14(18)16(12)20/h2-6,8H,7,9H2,1H3. The van der Waals surface area contributed by atoms with Gasteiger partial charge in [0.05, 0.1) is 6.61 Å². The maximum Gasteiger partial charge on any atom is 0.165 e. The van der Waals surface area contributed by atoms with Gasteiger partial charge in [-0.2, -0.15) is 0 Å². The molecule has 0 unspecified atom stereocenters. The van der Waals surface area contributed by atoms with Gasteiger partial charge in [0.25, 0.3) is 0 Å². The van der Waals surface area contributed by atoms with Gasteiger partial charge in [0.1, 0.15) is 0 Å². The summed E-state index contributed by atoms with van der Waals surface area (Å²) in [6.45, 7) is 0.457. The molecule has 0 aromatic heterocycles. The molecule has 0 aliphatic rings. The topological polar surface area (TPSA) is 9.23 Å². The van der Waals surface area contributed by atoms with Crippen molar-refractivity contribution in [1.29, 1.82) is 0 Å². The highest BCUT2D eigenvalue weighted by Gasteiger charge is 2.18. The van der Waals surface area contributed by atoms with Crippen molar-refractivity contribution in [2.24, 2.45) is 0 Å². The van der Waals surface area contributed by atoms with Crippen molar-refractivity contribution >= 4 is 0 Å². The summed E-state index contributed by atoms with van der Waals surface area (Å²) in [5, 5.41) is 0. The number of ether oxygens (including phenoxy) is 1. The molecule has 5 heteroatoms. The minimum atomic E-state index is -1.40. The maximum absolute atomic E-state index is 13.5. The van der Waals surface area contributed by atoms with Gasteiger partial charge in [-0.1, -0.05) is 24.3 Å². The Bertz CT molecular complexity index is 597. The molecule has 0 N–H and O–H groups in total. The van der Waals surface area contributed by atoms with Crippen LogP contribution in [0.2, 0.25) is 0 Å². The molecule has 111 valence electrons. The van der Waals surface area contributed by atoms with Crippen molar-refractivity contribution in [2.45, 2.75) is 13.0 Å². The van der Waals surface area contributed by atoms with Crippen LogP contribution >= 0.6 is 0 Å². The summed E-state index contributed by atoms with van der Waals surface area (Å²) in [5.74, 6) is -5.51. The fourth-order valence-corrected chi connectivity index (χ4v) is 1.94. The van der Waals surface area contributed by atoms with E-state index in [1.54, 1.807) is 31.4 Å². The normalized spacial score (nSPS) is 10.9. The van der Waals surface area contributed by atoms with Crippen LogP contribution in [0.15, 0.2) is 30.3 Å².